The summed E-state index contributed by atoms with van der Waals surface area (Å²) in [5.74, 6) is 0. The van der Waals surface area contributed by atoms with E-state index in [1.807, 2.05) is 24.3 Å². The molecule has 0 bridgehead atoms. The Kier molecular flexibility index (Phi) is 3.88. The molecule has 18 heavy (non-hydrogen) atoms. The van der Waals surface area contributed by atoms with E-state index in [9.17, 15) is 8.42 Å². The summed E-state index contributed by atoms with van der Waals surface area (Å²) in [4.78, 5) is 0.107. The molecular formula is C12H11IN2O2S. The number of nitrogens with one attached hydrogen (secondary N) is 1. The highest BCUT2D eigenvalue weighted by molar-refractivity contribution is 14.1. The number of sulfonamides is 1. The zero-order chi connectivity index (χ0) is 13.2. The zero-order valence-electron chi connectivity index (χ0n) is 9.30. The number of hydrogen-bond acceptors (Lipinski definition) is 3. The first kappa shape index (κ1) is 13.3. The number of halogens is 1. The molecule has 0 heterocycles. The van der Waals surface area contributed by atoms with Gasteiger partial charge in [-0.3, -0.25) is 0 Å². The van der Waals surface area contributed by atoms with Crippen molar-refractivity contribution in [3.05, 3.63) is 52.1 Å². The summed E-state index contributed by atoms with van der Waals surface area (Å²) in [5, 5.41) is 8.21. The van der Waals surface area contributed by atoms with Gasteiger partial charge in [0.2, 0.25) is 10.0 Å². The standard InChI is InChI=1S/C12H11IN2O2S/c13-9-2-1-3-11(8-9)15-10-4-6-12(7-5-10)18(14,16)17/h1-8,15H,(H2,14,16,17). The van der Waals surface area contributed by atoms with Gasteiger partial charge in [-0.15, -0.1) is 0 Å². The van der Waals surface area contributed by atoms with Crippen LogP contribution in [0.5, 0.6) is 0 Å². The van der Waals surface area contributed by atoms with Gasteiger partial charge >= 0.3 is 0 Å². The monoisotopic (exact) mass is 374 g/mol. The van der Waals surface area contributed by atoms with Crippen molar-refractivity contribution in [2.45, 2.75) is 4.90 Å². The second kappa shape index (κ2) is 5.25. The average molecular weight is 374 g/mol. The lowest BCUT2D eigenvalue weighted by Crippen LogP contribution is -2.11. The van der Waals surface area contributed by atoms with Crippen LogP contribution < -0.4 is 10.5 Å². The van der Waals surface area contributed by atoms with Crippen molar-refractivity contribution in [2.75, 3.05) is 5.32 Å². The van der Waals surface area contributed by atoms with Gasteiger partial charge in [0.1, 0.15) is 0 Å². The minimum atomic E-state index is -3.63. The summed E-state index contributed by atoms with van der Waals surface area (Å²) in [6.07, 6.45) is 0. The lowest BCUT2D eigenvalue weighted by atomic mass is 10.3. The normalized spacial score (nSPS) is 11.2. The Morgan fingerprint density at radius 2 is 1.67 bits per heavy atom. The lowest BCUT2D eigenvalue weighted by molar-refractivity contribution is 0.598. The van der Waals surface area contributed by atoms with E-state index in [-0.39, 0.29) is 4.90 Å². The van der Waals surface area contributed by atoms with Crippen molar-refractivity contribution in [3.8, 4) is 0 Å². The van der Waals surface area contributed by atoms with Crippen LogP contribution in [-0.2, 0) is 10.0 Å². The van der Waals surface area contributed by atoms with Gasteiger partial charge in [-0.25, -0.2) is 13.6 Å². The smallest absolute Gasteiger partial charge is 0.238 e. The van der Waals surface area contributed by atoms with Crippen molar-refractivity contribution in [3.63, 3.8) is 0 Å². The van der Waals surface area contributed by atoms with Crippen LogP contribution in [0.25, 0.3) is 0 Å². The molecule has 0 amide bonds. The molecule has 6 heteroatoms. The largest absolute Gasteiger partial charge is 0.355 e. The van der Waals surface area contributed by atoms with Crippen LogP contribution in [0.4, 0.5) is 11.4 Å². The van der Waals surface area contributed by atoms with E-state index in [2.05, 4.69) is 27.9 Å². The minimum Gasteiger partial charge on any atom is -0.355 e. The maximum atomic E-state index is 11.1. The molecule has 4 nitrogen and oxygen atoms in total. The molecular weight excluding hydrogens is 363 g/mol. The second-order valence-electron chi connectivity index (χ2n) is 3.70. The molecule has 0 saturated carbocycles. The summed E-state index contributed by atoms with van der Waals surface area (Å²) in [6.45, 7) is 0. The average Bonchev–Trinajstić information content (AvgIpc) is 2.28. The molecule has 94 valence electrons. The summed E-state index contributed by atoms with van der Waals surface area (Å²) in [5.41, 5.74) is 1.76. The van der Waals surface area contributed by atoms with Crippen molar-refractivity contribution in [2.24, 2.45) is 5.14 Å². The first-order chi connectivity index (χ1) is 8.45. The third-order valence-electron chi connectivity index (χ3n) is 2.30. The molecule has 3 N–H and O–H groups in total. The highest BCUT2D eigenvalue weighted by Crippen LogP contribution is 2.19. The molecule has 0 aliphatic carbocycles. The topological polar surface area (TPSA) is 72.2 Å². The molecule has 0 aliphatic heterocycles. The highest BCUT2D eigenvalue weighted by atomic mass is 127. The predicted octanol–water partition coefficient (Wildman–Crippen LogP) is 2.68. The number of rotatable bonds is 3. The Morgan fingerprint density at radius 1 is 1.00 bits per heavy atom. The number of hydrogen-bond donors (Lipinski definition) is 2. The molecule has 0 aromatic heterocycles. The van der Waals surface area contributed by atoms with Crippen LogP contribution in [0.2, 0.25) is 0 Å². The first-order valence-electron chi connectivity index (χ1n) is 5.10. The number of nitrogens with two attached hydrogens (primary N) is 1. The van der Waals surface area contributed by atoms with Gasteiger partial charge in [0.05, 0.1) is 4.90 Å². The second-order valence-corrected chi connectivity index (χ2v) is 6.51. The number of anilines is 2. The molecule has 2 rings (SSSR count). The summed E-state index contributed by atoms with van der Waals surface area (Å²) >= 11 is 2.23. The van der Waals surface area contributed by atoms with Crippen LogP contribution in [0.15, 0.2) is 53.4 Å². The van der Waals surface area contributed by atoms with E-state index in [1.54, 1.807) is 12.1 Å². The fourth-order valence-corrected chi connectivity index (χ4v) is 2.52. The molecule has 0 spiro atoms. The zero-order valence-corrected chi connectivity index (χ0v) is 12.3. The molecule has 0 atom stereocenters. The highest BCUT2D eigenvalue weighted by Gasteiger charge is 2.06. The molecule has 2 aromatic carbocycles. The van der Waals surface area contributed by atoms with Gasteiger partial charge in [-0.1, -0.05) is 6.07 Å². The predicted molar refractivity (Wildman–Crippen MR) is 80.3 cm³/mol. The molecule has 0 saturated heterocycles. The SMILES string of the molecule is NS(=O)(=O)c1ccc(Nc2cccc(I)c2)cc1. The van der Waals surface area contributed by atoms with E-state index in [0.29, 0.717) is 0 Å². The Bertz CT molecular complexity index is 654. The Labute approximate surface area is 119 Å². The molecule has 0 radical (unpaired) electrons. The van der Waals surface area contributed by atoms with Crippen LogP contribution >= 0.6 is 22.6 Å². The maximum absolute atomic E-state index is 11.1. The van der Waals surface area contributed by atoms with Crippen LogP contribution in [0, 0.1) is 3.57 Å². The van der Waals surface area contributed by atoms with Crippen molar-refractivity contribution < 1.29 is 8.42 Å². The third kappa shape index (κ3) is 3.44. The van der Waals surface area contributed by atoms with Gasteiger partial charge in [-0.05, 0) is 65.1 Å². The fraction of sp³-hybridized carbons (Fsp3) is 0. The van der Waals surface area contributed by atoms with Gasteiger partial charge in [-0.2, -0.15) is 0 Å². The molecule has 0 fully saturated rings. The number of benzene rings is 2. The van der Waals surface area contributed by atoms with Gasteiger partial charge in [0.15, 0.2) is 0 Å². The molecule has 0 unspecified atom stereocenters. The first-order valence-corrected chi connectivity index (χ1v) is 7.73. The van der Waals surface area contributed by atoms with Crippen molar-refractivity contribution >= 4 is 44.0 Å². The van der Waals surface area contributed by atoms with E-state index in [1.165, 1.54) is 12.1 Å². The number of primary sulfonamides is 1. The fourth-order valence-electron chi connectivity index (χ4n) is 1.46. The van der Waals surface area contributed by atoms with Gasteiger partial charge in [0.25, 0.3) is 0 Å². The van der Waals surface area contributed by atoms with Crippen LogP contribution in [0.1, 0.15) is 0 Å². The summed E-state index contributed by atoms with van der Waals surface area (Å²) < 4.78 is 23.3. The lowest BCUT2D eigenvalue weighted by Gasteiger charge is -2.07. The Hall–Kier alpha value is -1.12. The van der Waals surface area contributed by atoms with Gasteiger partial charge < -0.3 is 5.32 Å². The minimum absolute atomic E-state index is 0.107. The molecule has 2 aromatic rings. The Balaban J connectivity index is 2.21. The summed E-state index contributed by atoms with van der Waals surface area (Å²) in [6, 6.07) is 14.2. The molecule has 0 aliphatic rings. The van der Waals surface area contributed by atoms with E-state index >= 15 is 0 Å². The van der Waals surface area contributed by atoms with Crippen molar-refractivity contribution in [1.82, 2.24) is 0 Å². The van der Waals surface area contributed by atoms with E-state index in [4.69, 9.17) is 5.14 Å². The van der Waals surface area contributed by atoms with E-state index < -0.39 is 10.0 Å². The maximum Gasteiger partial charge on any atom is 0.238 e. The van der Waals surface area contributed by atoms with E-state index in [0.717, 1.165) is 14.9 Å². The van der Waals surface area contributed by atoms with Crippen molar-refractivity contribution in [1.29, 1.82) is 0 Å². The Morgan fingerprint density at radius 3 is 2.22 bits per heavy atom. The quantitative estimate of drug-likeness (QED) is 0.812. The summed E-state index contributed by atoms with van der Waals surface area (Å²) in [7, 11) is -3.63. The third-order valence-corrected chi connectivity index (χ3v) is 3.90. The van der Waals surface area contributed by atoms with Crippen LogP contribution in [0.3, 0.4) is 0 Å². The van der Waals surface area contributed by atoms with Crippen LogP contribution in [-0.4, -0.2) is 8.42 Å². The van der Waals surface area contributed by atoms with Gasteiger partial charge in [0, 0.05) is 14.9 Å².